The SMILES string of the molecule is COc1cc2[nH]c3c(c2cc1O)CC[NH2+][C@]3(C)C(=O)[O-]. The Balaban J connectivity index is 2.29. The van der Waals surface area contributed by atoms with Gasteiger partial charge in [0, 0.05) is 24.8 Å². The van der Waals surface area contributed by atoms with E-state index in [1.54, 1.807) is 24.4 Å². The van der Waals surface area contributed by atoms with Gasteiger partial charge in [-0.25, -0.2) is 0 Å². The lowest BCUT2D eigenvalue weighted by atomic mass is 9.88. The molecule has 20 heavy (non-hydrogen) atoms. The highest BCUT2D eigenvalue weighted by molar-refractivity contribution is 5.90. The van der Waals surface area contributed by atoms with Crippen LogP contribution < -0.4 is 15.2 Å². The summed E-state index contributed by atoms with van der Waals surface area (Å²) in [6.45, 7) is 2.30. The number of phenols is 1. The predicted octanol–water partition coefficient (Wildman–Crippen LogP) is -1.03. The topological polar surface area (TPSA) is 102 Å². The van der Waals surface area contributed by atoms with Crippen LogP contribution in [-0.4, -0.2) is 29.7 Å². The molecule has 0 saturated carbocycles. The van der Waals surface area contributed by atoms with Crippen molar-refractivity contribution in [3.05, 3.63) is 23.4 Å². The number of aliphatic carboxylic acids is 1. The number of phenolic OH excluding ortho intramolecular Hbond substituents is 1. The molecule has 0 bridgehead atoms. The van der Waals surface area contributed by atoms with Crippen molar-refractivity contribution in [2.45, 2.75) is 18.9 Å². The normalized spacial score (nSPS) is 21.7. The molecule has 4 N–H and O–H groups in total. The second-order valence-corrected chi connectivity index (χ2v) is 5.28. The zero-order chi connectivity index (χ0) is 14.5. The minimum atomic E-state index is -1.13. The Bertz CT molecular complexity index is 707. The summed E-state index contributed by atoms with van der Waals surface area (Å²) in [6.07, 6.45) is 0.740. The monoisotopic (exact) mass is 276 g/mol. The Morgan fingerprint density at radius 2 is 2.30 bits per heavy atom. The highest BCUT2D eigenvalue weighted by Crippen LogP contribution is 2.36. The van der Waals surface area contributed by atoms with Crippen LogP contribution in [0, 0.1) is 0 Å². The van der Waals surface area contributed by atoms with Gasteiger partial charge in [0.2, 0.25) is 0 Å². The quantitative estimate of drug-likeness (QED) is 0.652. The third kappa shape index (κ3) is 1.58. The second-order valence-electron chi connectivity index (χ2n) is 5.28. The number of carboxylic acids is 1. The fourth-order valence-electron chi connectivity index (χ4n) is 2.93. The number of hydrogen-bond acceptors (Lipinski definition) is 4. The Kier molecular flexibility index (Phi) is 2.65. The molecule has 106 valence electrons. The minimum absolute atomic E-state index is 0.0477. The fraction of sp³-hybridized carbons (Fsp3) is 0.357. The maximum atomic E-state index is 11.5. The number of H-pyrrole nitrogens is 1. The summed E-state index contributed by atoms with van der Waals surface area (Å²) in [5.74, 6) is -0.720. The number of ether oxygens (including phenoxy) is 1. The number of aromatic amines is 1. The smallest absolute Gasteiger partial charge is 0.174 e. The highest BCUT2D eigenvalue weighted by atomic mass is 16.5. The number of benzene rings is 1. The number of methoxy groups -OCH3 is 1. The molecule has 0 amide bonds. The summed E-state index contributed by atoms with van der Waals surface area (Å²) in [5, 5.41) is 24.0. The summed E-state index contributed by atoms with van der Waals surface area (Å²) in [7, 11) is 1.47. The Morgan fingerprint density at radius 1 is 1.55 bits per heavy atom. The van der Waals surface area contributed by atoms with E-state index in [1.165, 1.54) is 7.11 Å². The minimum Gasteiger partial charge on any atom is -0.543 e. The predicted molar refractivity (Wildman–Crippen MR) is 69.4 cm³/mol. The van der Waals surface area contributed by atoms with Crippen molar-refractivity contribution in [3.8, 4) is 11.5 Å². The molecular formula is C14H16N2O4. The lowest BCUT2D eigenvalue weighted by Crippen LogP contribution is -2.99. The van der Waals surface area contributed by atoms with Gasteiger partial charge < -0.3 is 30.0 Å². The number of carbonyl (C=O) groups is 1. The zero-order valence-corrected chi connectivity index (χ0v) is 11.3. The number of fused-ring (bicyclic) bond motifs is 3. The maximum absolute atomic E-state index is 11.5. The Morgan fingerprint density at radius 3 is 2.95 bits per heavy atom. The largest absolute Gasteiger partial charge is 0.543 e. The van der Waals surface area contributed by atoms with E-state index < -0.39 is 11.5 Å². The van der Waals surface area contributed by atoms with Gasteiger partial charge in [-0.05, 0) is 11.6 Å². The number of carbonyl (C=O) groups excluding carboxylic acids is 1. The average Bonchev–Trinajstić information content (AvgIpc) is 2.77. The van der Waals surface area contributed by atoms with Crippen molar-refractivity contribution in [1.82, 2.24) is 4.98 Å². The molecule has 3 rings (SSSR count). The maximum Gasteiger partial charge on any atom is 0.174 e. The summed E-state index contributed by atoms with van der Waals surface area (Å²) in [6, 6.07) is 3.29. The van der Waals surface area contributed by atoms with E-state index in [4.69, 9.17) is 4.74 Å². The summed E-state index contributed by atoms with van der Waals surface area (Å²) in [4.78, 5) is 14.6. The molecule has 0 radical (unpaired) electrons. The van der Waals surface area contributed by atoms with Crippen LogP contribution in [-0.2, 0) is 16.8 Å². The van der Waals surface area contributed by atoms with Gasteiger partial charge in [-0.1, -0.05) is 0 Å². The van der Waals surface area contributed by atoms with Gasteiger partial charge in [0.1, 0.15) is 5.97 Å². The van der Waals surface area contributed by atoms with Crippen molar-refractivity contribution in [1.29, 1.82) is 0 Å². The van der Waals surface area contributed by atoms with Gasteiger partial charge in [-0.2, -0.15) is 0 Å². The molecule has 2 heterocycles. The molecule has 1 atom stereocenters. The molecule has 0 fully saturated rings. The first kappa shape index (κ1) is 12.8. The second kappa shape index (κ2) is 4.14. The van der Waals surface area contributed by atoms with E-state index in [2.05, 4.69) is 4.98 Å². The molecule has 2 aromatic rings. The van der Waals surface area contributed by atoms with Crippen LogP contribution in [0.15, 0.2) is 12.1 Å². The van der Waals surface area contributed by atoms with Gasteiger partial charge in [0.15, 0.2) is 17.0 Å². The lowest BCUT2D eigenvalue weighted by molar-refractivity contribution is -0.728. The molecule has 1 aliphatic rings. The molecule has 1 aromatic carbocycles. The van der Waals surface area contributed by atoms with E-state index in [0.717, 1.165) is 22.9 Å². The Hall–Kier alpha value is -2.21. The van der Waals surface area contributed by atoms with Gasteiger partial charge >= 0.3 is 0 Å². The number of quaternary nitrogens is 1. The Labute approximate surface area is 115 Å². The van der Waals surface area contributed by atoms with Gasteiger partial charge in [0.05, 0.1) is 24.9 Å². The molecule has 0 spiro atoms. The van der Waals surface area contributed by atoms with Crippen LogP contribution in [0.25, 0.3) is 10.9 Å². The van der Waals surface area contributed by atoms with Crippen molar-refractivity contribution < 1.29 is 25.1 Å². The van der Waals surface area contributed by atoms with Crippen molar-refractivity contribution >= 4 is 16.9 Å². The van der Waals surface area contributed by atoms with Crippen LogP contribution >= 0.6 is 0 Å². The number of hydrogen-bond donors (Lipinski definition) is 3. The zero-order valence-electron chi connectivity index (χ0n) is 11.3. The van der Waals surface area contributed by atoms with Crippen LogP contribution in [0.3, 0.4) is 0 Å². The number of carboxylic acid groups (broad SMARTS) is 1. The van der Waals surface area contributed by atoms with E-state index in [0.29, 0.717) is 18.0 Å². The van der Waals surface area contributed by atoms with Crippen LogP contribution in [0.1, 0.15) is 18.2 Å². The van der Waals surface area contributed by atoms with Gasteiger partial charge in [-0.15, -0.1) is 0 Å². The molecule has 0 aliphatic carbocycles. The van der Waals surface area contributed by atoms with E-state index in [-0.39, 0.29) is 5.75 Å². The average molecular weight is 276 g/mol. The van der Waals surface area contributed by atoms with Crippen molar-refractivity contribution in [2.75, 3.05) is 13.7 Å². The first-order valence-electron chi connectivity index (χ1n) is 6.45. The molecule has 0 saturated heterocycles. The summed E-state index contributed by atoms with van der Waals surface area (Å²) in [5.41, 5.74) is 1.18. The van der Waals surface area contributed by atoms with E-state index >= 15 is 0 Å². The third-order valence-corrected chi connectivity index (χ3v) is 4.10. The molecule has 6 nitrogen and oxygen atoms in total. The standard InChI is InChI=1S/C14H16N2O4/c1-14(13(18)19)12-7(3-4-15-14)8-5-10(17)11(20-2)6-9(8)16-12/h5-6,15-17H,3-4H2,1-2H3,(H,18,19)/t14-/m0/s1. The molecule has 0 unspecified atom stereocenters. The first-order chi connectivity index (χ1) is 9.47. The number of rotatable bonds is 2. The molecule has 6 heteroatoms. The number of aromatic hydroxyl groups is 1. The third-order valence-electron chi connectivity index (χ3n) is 4.10. The van der Waals surface area contributed by atoms with E-state index in [9.17, 15) is 15.0 Å². The first-order valence-corrected chi connectivity index (χ1v) is 6.45. The fourth-order valence-corrected chi connectivity index (χ4v) is 2.93. The van der Waals surface area contributed by atoms with Crippen molar-refractivity contribution in [2.24, 2.45) is 0 Å². The van der Waals surface area contributed by atoms with Crippen LogP contribution in [0.4, 0.5) is 0 Å². The number of nitrogens with two attached hydrogens (primary N) is 1. The number of aromatic nitrogens is 1. The van der Waals surface area contributed by atoms with Crippen LogP contribution in [0.2, 0.25) is 0 Å². The summed E-state index contributed by atoms with van der Waals surface area (Å²) >= 11 is 0. The molecule has 1 aliphatic heterocycles. The highest BCUT2D eigenvalue weighted by Gasteiger charge is 2.40. The van der Waals surface area contributed by atoms with Crippen molar-refractivity contribution in [3.63, 3.8) is 0 Å². The lowest BCUT2D eigenvalue weighted by Gasteiger charge is -2.32. The molecular weight excluding hydrogens is 260 g/mol. The van der Waals surface area contributed by atoms with Crippen LogP contribution in [0.5, 0.6) is 11.5 Å². The number of nitrogens with one attached hydrogen (secondary N) is 1. The van der Waals surface area contributed by atoms with Gasteiger partial charge in [-0.3, -0.25) is 0 Å². The van der Waals surface area contributed by atoms with Gasteiger partial charge in [0.25, 0.3) is 0 Å². The molecule has 1 aromatic heterocycles. The summed E-state index contributed by atoms with van der Waals surface area (Å²) < 4.78 is 5.08. The van der Waals surface area contributed by atoms with E-state index in [1.807, 2.05) is 0 Å².